The highest BCUT2D eigenvalue weighted by Crippen LogP contribution is 2.25. The maximum atomic E-state index is 8.89. The molecule has 90 valence electrons. The highest BCUT2D eigenvalue weighted by Gasteiger charge is 2.06. The fraction of sp³-hybridized carbons (Fsp3) is 0.0769. The molecule has 0 fully saturated rings. The molecule has 1 heterocycles. The van der Waals surface area contributed by atoms with Crippen LogP contribution in [-0.4, -0.2) is 12.1 Å². The fourth-order valence-electron chi connectivity index (χ4n) is 1.51. The number of methoxy groups -OCH3 is 1. The van der Waals surface area contributed by atoms with Gasteiger partial charge in [-0.3, -0.25) is 0 Å². The third-order valence-electron chi connectivity index (χ3n) is 2.44. The number of anilines is 3. The molecular weight excluding hydrogens is 228 g/mol. The van der Waals surface area contributed by atoms with Crippen LogP contribution in [0.5, 0.6) is 5.75 Å². The Balaban J connectivity index is 2.31. The van der Waals surface area contributed by atoms with Gasteiger partial charge < -0.3 is 15.8 Å². The number of nitrogens with zero attached hydrogens (tertiary/aromatic N) is 2. The Bertz CT molecular complexity index is 604. The van der Waals surface area contributed by atoms with Gasteiger partial charge in [-0.15, -0.1) is 0 Å². The summed E-state index contributed by atoms with van der Waals surface area (Å²) >= 11 is 0. The van der Waals surface area contributed by atoms with Gasteiger partial charge in [-0.05, 0) is 18.2 Å². The second-order valence-corrected chi connectivity index (χ2v) is 3.59. The lowest BCUT2D eigenvalue weighted by Gasteiger charge is -2.09. The van der Waals surface area contributed by atoms with Crippen molar-refractivity contribution in [3.05, 3.63) is 42.1 Å². The number of ether oxygens (including phenoxy) is 1. The summed E-state index contributed by atoms with van der Waals surface area (Å²) < 4.78 is 5.12. The van der Waals surface area contributed by atoms with Crippen LogP contribution in [-0.2, 0) is 0 Å². The molecule has 3 N–H and O–H groups in total. The number of rotatable bonds is 3. The Morgan fingerprint density at radius 1 is 1.39 bits per heavy atom. The average molecular weight is 240 g/mol. The summed E-state index contributed by atoms with van der Waals surface area (Å²) in [4.78, 5) is 4.11. The minimum absolute atomic E-state index is 0.336. The van der Waals surface area contributed by atoms with E-state index in [-0.39, 0.29) is 0 Å². The fourth-order valence-corrected chi connectivity index (χ4v) is 1.51. The van der Waals surface area contributed by atoms with Crippen LogP contribution in [0.4, 0.5) is 17.2 Å². The van der Waals surface area contributed by atoms with Gasteiger partial charge in [0.05, 0.1) is 18.4 Å². The summed E-state index contributed by atoms with van der Waals surface area (Å²) in [5.41, 5.74) is 7.36. The zero-order valence-corrected chi connectivity index (χ0v) is 9.84. The number of nitriles is 1. The number of pyridine rings is 1. The van der Waals surface area contributed by atoms with Crippen molar-refractivity contribution in [2.24, 2.45) is 0 Å². The van der Waals surface area contributed by atoms with Gasteiger partial charge in [-0.2, -0.15) is 5.26 Å². The highest BCUT2D eigenvalue weighted by molar-refractivity contribution is 5.73. The first-order valence-electron chi connectivity index (χ1n) is 5.30. The molecule has 2 aromatic rings. The minimum Gasteiger partial charge on any atom is -0.497 e. The quantitative estimate of drug-likeness (QED) is 0.859. The van der Waals surface area contributed by atoms with Crippen LogP contribution in [0.15, 0.2) is 36.5 Å². The number of hydrogen-bond donors (Lipinski definition) is 2. The van der Waals surface area contributed by atoms with Crippen LogP contribution >= 0.6 is 0 Å². The first-order valence-corrected chi connectivity index (χ1v) is 5.30. The molecule has 5 nitrogen and oxygen atoms in total. The second-order valence-electron chi connectivity index (χ2n) is 3.59. The predicted molar refractivity (Wildman–Crippen MR) is 69.6 cm³/mol. The molecule has 0 aliphatic heterocycles. The minimum atomic E-state index is 0.336. The van der Waals surface area contributed by atoms with Crippen molar-refractivity contribution in [3.8, 4) is 11.8 Å². The number of nitrogens with one attached hydrogen (secondary N) is 1. The molecule has 2 rings (SSSR count). The van der Waals surface area contributed by atoms with E-state index in [1.54, 1.807) is 13.2 Å². The zero-order chi connectivity index (χ0) is 13.0. The molecule has 0 amide bonds. The van der Waals surface area contributed by atoms with Gasteiger partial charge in [0.15, 0.2) is 5.82 Å². The molecule has 0 spiro atoms. The van der Waals surface area contributed by atoms with E-state index in [0.29, 0.717) is 17.1 Å². The summed E-state index contributed by atoms with van der Waals surface area (Å²) in [5.74, 6) is 1.19. The topological polar surface area (TPSA) is 84.0 Å². The van der Waals surface area contributed by atoms with Gasteiger partial charge in [-0.1, -0.05) is 6.07 Å². The number of aromatic nitrogens is 1. The van der Waals surface area contributed by atoms with E-state index < -0.39 is 0 Å². The number of nitrogen functional groups attached to an aromatic ring is 1. The van der Waals surface area contributed by atoms with Crippen LogP contribution < -0.4 is 15.8 Å². The van der Waals surface area contributed by atoms with Gasteiger partial charge in [0.2, 0.25) is 0 Å². The van der Waals surface area contributed by atoms with Gasteiger partial charge >= 0.3 is 0 Å². The van der Waals surface area contributed by atoms with E-state index in [1.165, 1.54) is 6.20 Å². The second kappa shape index (κ2) is 5.06. The van der Waals surface area contributed by atoms with E-state index in [2.05, 4.69) is 10.3 Å². The number of hydrogen-bond acceptors (Lipinski definition) is 5. The molecule has 0 radical (unpaired) electrons. The smallest absolute Gasteiger partial charge is 0.154 e. The van der Waals surface area contributed by atoms with Crippen LogP contribution in [0, 0.1) is 11.3 Å². The molecule has 0 aliphatic carbocycles. The van der Waals surface area contributed by atoms with Crippen LogP contribution in [0.25, 0.3) is 0 Å². The van der Waals surface area contributed by atoms with Crippen molar-refractivity contribution < 1.29 is 4.74 Å². The Kier molecular flexibility index (Phi) is 3.30. The zero-order valence-electron chi connectivity index (χ0n) is 9.84. The van der Waals surface area contributed by atoms with Crippen molar-refractivity contribution >= 4 is 17.2 Å². The molecule has 1 aromatic heterocycles. The maximum absolute atomic E-state index is 8.89. The van der Waals surface area contributed by atoms with Gasteiger partial charge in [0.25, 0.3) is 0 Å². The summed E-state index contributed by atoms with van der Waals surface area (Å²) in [6.07, 6.45) is 1.54. The molecule has 0 saturated heterocycles. The average Bonchev–Trinajstić information content (AvgIpc) is 2.41. The molecule has 18 heavy (non-hydrogen) atoms. The molecule has 5 heteroatoms. The number of benzene rings is 1. The normalized spacial score (nSPS) is 9.56. The molecule has 0 aliphatic rings. The molecule has 0 atom stereocenters. The standard InChI is InChI=1S/C13H12N4O/c1-18-11-4-2-3-10(7-11)17-13-12(15)9(8-14)5-6-16-13/h2-7H,15H2,1H3,(H,16,17). The van der Waals surface area contributed by atoms with E-state index in [0.717, 1.165) is 11.4 Å². The van der Waals surface area contributed by atoms with Crippen LogP contribution in [0.2, 0.25) is 0 Å². The van der Waals surface area contributed by atoms with E-state index >= 15 is 0 Å². The molecule has 1 aromatic carbocycles. The van der Waals surface area contributed by atoms with Crippen molar-refractivity contribution in [2.75, 3.05) is 18.2 Å². The third-order valence-corrected chi connectivity index (χ3v) is 2.44. The Morgan fingerprint density at radius 2 is 2.22 bits per heavy atom. The van der Waals surface area contributed by atoms with Gasteiger partial charge in [0, 0.05) is 18.0 Å². The lowest BCUT2D eigenvalue weighted by Crippen LogP contribution is -2.01. The van der Waals surface area contributed by atoms with Crippen molar-refractivity contribution in [1.82, 2.24) is 4.98 Å². The van der Waals surface area contributed by atoms with Crippen molar-refractivity contribution in [2.45, 2.75) is 0 Å². The summed E-state index contributed by atoms with van der Waals surface area (Å²) in [6.45, 7) is 0. The summed E-state index contributed by atoms with van der Waals surface area (Å²) in [5, 5.41) is 11.9. The van der Waals surface area contributed by atoms with Crippen molar-refractivity contribution in [1.29, 1.82) is 5.26 Å². The lowest BCUT2D eigenvalue weighted by molar-refractivity contribution is 0.415. The first kappa shape index (κ1) is 11.7. The molecular formula is C13H12N4O. The Hall–Kier alpha value is -2.74. The molecule has 0 unspecified atom stereocenters. The largest absolute Gasteiger partial charge is 0.497 e. The van der Waals surface area contributed by atoms with E-state index in [1.807, 2.05) is 30.3 Å². The highest BCUT2D eigenvalue weighted by atomic mass is 16.5. The van der Waals surface area contributed by atoms with E-state index in [9.17, 15) is 0 Å². The lowest BCUT2D eigenvalue weighted by atomic mass is 10.2. The van der Waals surface area contributed by atoms with Crippen LogP contribution in [0.3, 0.4) is 0 Å². The summed E-state index contributed by atoms with van der Waals surface area (Å²) in [6, 6.07) is 11.0. The molecule has 0 saturated carbocycles. The molecule has 0 bridgehead atoms. The van der Waals surface area contributed by atoms with Gasteiger partial charge in [-0.25, -0.2) is 4.98 Å². The Morgan fingerprint density at radius 3 is 2.94 bits per heavy atom. The van der Waals surface area contributed by atoms with E-state index in [4.69, 9.17) is 15.7 Å². The Labute approximate surface area is 105 Å². The summed E-state index contributed by atoms with van der Waals surface area (Å²) in [7, 11) is 1.60. The van der Waals surface area contributed by atoms with Crippen molar-refractivity contribution in [3.63, 3.8) is 0 Å². The van der Waals surface area contributed by atoms with Crippen LogP contribution in [0.1, 0.15) is 5.56 Å². The number of nitrogens with two attached hydrogens (primary N) is 1. The third kappa shape index (κ3) is 2.33. The van der Waals surface area contributed by atoms with Gasteiger partial charge in [0.1, 0.15) is 11.8 Å². The first-order chi connectivity index (χ1) is 8.74. The maximum Gasteiger partial charge on any atom is 0.154 e. The monoisotopic (exact) mass is 240 g/mol. The SMILES string of the molecule is COc1cccc(Nc2nccc(C#N)c2N)c1. The predicted octanol–water partition coefficient (Wildman–Crippen LogP) is 2.29.